The molecule has 1 rings (SSSR count). The van der Waals surface area contributed by atoms with Crippen LogP contribution in [0.2, 0.25) is 0 Å². The van der Waals surface area contributed by atoms with Crippen molar-refractivity contribution < 1.29 is 8.42 Å². The van der Waals surface area contributed by atoms with Gasteiger partial charge < -0.3 is 10.6 Å². The largest absolute Gasteiger partial charge is 0.356 e. The molecule has 0 amide bonds. The zero-order valence-corrected chi connectivity index (χ0v) is 15.5. The first-order valence-corrected chi connectivity index (χ1v) is 8.59. The Morgan fingerprint density at radius 1 is 1.29 bits per heavy atom. The van der Waals surface area contributed by atoms with Crippen molar-refractivity contribution in [1.82, 2.24) is 15.6 Å². The van der Waals surface area contributed by atoms with Crippen molar-refractivity contribution in [2.75, 3.05) is 32.1 Å². The monoisotopic (exact) mass is 426 g/mol. The Hall–Kier alpha value is -0.900. The highest BCUT2D eigenvalue weighted by molar-refractivity contribution is 14.0. The summed E-state index contributed by atoms with van der Waals surface area (Å²) in [5.74, 6) is 0.861. The van der Waals surface area contributed by atoms with Crippen molar-refractivity contribution in [3.63, 3.8) is 0 Å². The summed E-state index contributed by atoms with van der Waals surface area (Å²) >= 11 is 0. The van der Waals surface area contributed by atoms with Gasteiger partial charge in [-0.1, -0.05) is 6.07 Å². The van der Waals surface area contributed by atoms with E-state index in [9.17, 15) is 8.42 Å². The molecule has 2 N–H and O–H groups in total. The minimum absolute atomic E-state index is 0. The molecular formula is C13H23IN4O2S. The smallest absolute Gasteiger partial charge is 0.190 e. The number of sulfone groups is 1. The molecule has 0 saturated carbocycles. The van der Waals surface area contributed by atoms with Crippen LogP contribution in [-0.2, 0) is 16.3 Å². The van der Waals surface area contributed by atoms with Crippen molar-refractivity contribution in [3.8, 4) is 0 Å². The highest BCUT2D eigenvalue weighted by atomic mass is 127. The van der Waals surface area contributed by atoms with Crippen LogP contribution in [-0.4, -0.2) is 51.5 Å². The Kier molecular flexibility index (Phi) is 10.3. The normalized spacial score (nSPS) is 11.6. The van der Waals surface area contributed by atoms with Gasteiger partial charge in [0, 0.05) is 44.7 Å². The number of hydrogen-bond acceptors (Lipinski definition) is 4. The van der Waals surface area contributed by atoms with Gasteiger partial charge in [0.15, 0.2) is 5.96 Å². The number of nitrogens with zero attached hydrogens (tertiary/aromatic N) is 2. The molecular weight excluding hydrogens is 403 g/mol. The average molecular weight is 426 g/mol. The lowest BCUT2D eigenvalue weighted by Crippen LogP contribution is -2.39. The van der Waals surface area contributed by atoms with E-state index >= 15 is 0 Å². The second kappa shape index (κ2) is 10.8. The van der Waals surface area contributed by atoms with E-state index in [0.717, 1.165) is 18.7 Å². The van der Waals surface area contributed by atoms with E-state index in [0.29, 0.717) is 18.9 Å². The van der Waals surface area contributed by atoms with Gasteiger partial charge in [0.2, 0.25) is 0 Å². The van der Waals surface area contributed by atoms with Gasteiger partial charge in [-0.05, 0) is 18.6 Å². The summed E-state index contributed by atoms with van der Waals surface area (Å²) in [5.41, 5.74) is 1.02. The van der Waals surface area contributed by atoms with Crippen LogP contribution in [0.15, 0.2) is 29.4 Å². The average Bonchev–Trinajstić information content (AvgIpc) is 2.41. The van der Waals surface area contributed by atoms with Crippen molar-refractivity contribution in [2.24, 2.45) is 4.99 Å². The molecule has 0 aliphatic heterocycles. The molecule has 1 aromatic rings. The standard InChI is InChI=1S/C13H22N4O2S.HI/c1-14-13(16-9-5-11-20(2,18)19)17-10-7-12-6-3-4-8-15-12;/h3-4,6,8H,5,7,9-11H2,1-2H3,(H2,14,16,17);1H. The third-order valence-corrected chi connectivity index (χ3v) is 3.64. The molecule has 6 nitrogen and oxygen atoms in total. The molecule has 120 valence electrons. The molecule has 0 aromatic carbocycles. The van der Waals surface area contributed by atoms with Crippen LogP contribution in [0, 0.1) is 0 Å². The summed E-state index contributed by atoms with van der Waals surface area (Å²) in [5, 5.41) is 6.25. The van der Waals surface area contributed by atoms with E-state index in [1.165, 1.54) is 6.26 Å². The molecule has 0 saturated heterocycles. The van der Waals surface area contributed by atoms with E-state index in [2.05, 4.69) is 20.6 Å². The van der Waals surface area contributed by atoms with Crippen LogP contribution in [0.3, 0.4) is 0 Å². The number of hydrogen-bond donors (Lipinski definition) is 2. The Bertz CT molecular complexity index is 520. The quantitative estimate of drug-likeness (QED) is 0.292. The molecule has 1 aromatic heterocycles. The molecule has 0 atom stereocenters. The first-order chi connectivity index (χ1) is 9.51. The van der Waals surface area contributed by atoms with Gasteiger partial charge in [-0.25, -0.2) is 8.42 Å². The van der Waals surface area contributed by atoms with Crippen molar-refractivity contribution in [1.29, 1.82) is 0 Å². The second-order valence-corrected chi connectivity index (χ2v) is 6.74. The maximum Gasteiger partial charge on any atom is 0.190 e. The second-order valence-electron chi connectivity index (χ2n) is 4.48. The molecule has 1 heterocycles. The van der Waals surface area contributed by atoms with Gasteiger partial charge in [0.05, 0.1) is 5.75 Å². The number of aromatic nitrogens is 1. The lowest BCUT2D eigenvalue weighted by molar-refractivity contribution is 0.598. The van der Waals surface area contributed by atoms with Crippen LogP contribution < -0.4 is 10.6 Å². The number of guanidine groups is 1. The number of halogens is 1. The number of nitrogens with one attached hydrogen (secondary N) is 2. The van der Waals surface area contributed by atoms with Gasteiger partial charge in [-0.15, -0.1) is 24.0 Å². The number of pyridine rings is 1. The van der Waals surface area contributed by atoms with E-state index in [-0.39, 0.29) is 29.7 Å². The number of rotatable bonds is 7. The van der Waals surface area contributed by atoms with Crippen LogP contribution >= 0.6 is 24.0 Å². The van der Waals surface area contributed by atoms with E-state index in [1.54, 1.807) is 13.2 Å². The molecule has 0 spiro atoms. The van der Waals surface area contributed by atoms with Gasteiger partial charge in [0.1, 0.15) is 9.84 Å². The highest BCUT2D eigenvalue weighted by Crippen LogP contribution is 1.93. The Morgan fingerprint density at radius 2 is 2.00 bits per heavy atom. The van der Waals surface area contributed by atoms with E-state index in [4.69, 9.17) is 0 Å². The predicted molar refractivity (Wildman–Crippen MR) is 97.0 cm³/mol. The Labute approximate surface area is 143 Å². The fraction of sp³-hybridized carbons (Fsp3) is 0.538. The molecule has 0 aliphatic rings. The summed E-state index contributed by atoms with van der Waals surface area (Å²) in [6, 6.07) is 5.82. The first-order valence-electron chi connectivity index (χ1n) is 6.53. The zero-order chi connectivity index (χ0) is 14.8. The molecule has 0 fully saturated rings. The van der Waals surface area contributed by atoms with Crippen molar-refractivity contribution in [2.45, 2.75) is 12.8 Å². The lowest BCUT2D eigenvalue weighted by Gasteiger charge is -2.11. The highest BCUT2D eigenvalue weighted by Gasteiger charge is 2.02. The summed E-state index contributed by atoms with van der Waals surface area (Å²) in [7, 11) is -1.20. The predicted octanol–water partition coefficient (Wildman–Crippen LogP) is 0.842. The molecule has 0 unspecified atom stereocenters. The molecule has 0 bridgehead atoms. The van der Waals surface area contributed by atoms with Gasteiger partial charge in [-0.2, -0.15) is 0 Å². The molecule has 0 aliphatic carbocycles. The third kappa shape index (κ3) is 10.5. The SMILES string of the molecule is CN=C(NCCCS(C)(=O)=O)NCCc1ccccn1.I. The van der Waals surface area contributed by atoms with Gasteiger partial charge in [-0.3, -0.25) is 9.98 Å². The molecule has 21 heavy (non-hydrogen) atoms. The Balaban J connectivity index is 0.00000400. The van der Waals surface area contributed by atoms with Crippen LogP contribution in [0.1, 0.15) is 12.1 Å². The van der Waals surface area contributed by atoms with Crippen molar-refractivity contribution >= 4 is 39.8 Å². The molecule has 8 heteroatoms. The lowest BCUT2D eigenvalue weighted by atomic mass is 10.3. The van der Waals surface area contributed by atoms with Crippen LogP contribution in [0.4, 0.5) is 0 Å². The zero-order valence-electron chi connectivity index (χ0n) is 12.4. The third-order valence-electron chi connectivity index (χ3n) is 2.61. The van der Waals surface area contributed by atoms with E-state index in [1.807, 2.05) is 18.2 Å². The van der Waals surface area contributed by atoms with Crippen molar-refractivity contribution in [3.05, 3.63) is 30.1 Å². The topological polar surface area (TPSA) is 83.5 Å². The Morgan fingerprint density at radius 3 is 2.57 bits per heavy atom. The minimum Gasteiger partial charge on any atom is -0.356 e. The first kappa shape index (κ1) is 20.1. The summed E-state index contributed by atoms with van der Waals surface area (Å²) in [4.78, 5) is 8.31. The van der Waals surface area contributed by atoms with Crippen LogP contribution in [0.25, 0.3) is 0 Å². The number of aliphatic imine (C=N–C) groups is 1. The van der Waals surface area contributed by atoms with E-state index < -0.39 is 9.84 Å². The maximum absolute atomic E-state index is 11.0. The fourth-order valence-corrected chi connectivity index (χ4v) is 2.29. The minimum atomic E-state index is -2.89. The maximum atomic E-state index is 11.0. The van der Waals surface area contributed by atoms with Gasteiger partial charge >= 0.3 is 0 Å². The summed E-state index contributed by atoms with van der Waals surface area (Å²) in [6.45, 7) is 1.30. The molecule has 0 radical (unpaired) electrons. The summed E-state index contributed by atoms with van der Waals surface area (Å²) in [6.07, 6.45) is 4.39. The summed E-state index contributed by atoms with van der Waals surface area (Å²) < 4.78 is 22.0. The fourth-order valence-electron chi connectivity index (χ4n) is 1.62. The van der Waals surface area contributed by atoms with Gasteiger partial charge in [0.25, 0.3) is 0 Å². The van der Waals surface area contributed by atoms with Crippen LogP contribution in [0.5, 0.6) is 0 Å².